The van der Waals surface area contributed by atoms with Gasteiger partial charge >= 0.3 is 6.05 Å². The van der Waals surface area contributed by atoms with Crippen LogP contribution in [0.2, 0.25) is 0 Å². The number of aryl methyl sites for hydroxylation is 1. The van der Waals surface area contributed by atoms with E-state index < -0.39 is 6.05 Å². The van der Waals surface area contributed by atoms with E-state index in [1.54, 1.807) is 6.92 Å². The first-order valence-corrected chi connectivity index (χ1v) is 4.03. The highest BCUT2D eigenvalue weighted by molar-refractivity contribution is 5.48. The van der Waals surface area contributed by atoms with Crippen LogP contribution >= 0.6 is 0 Å². The Hall–Kier alpha value is -1.26. The summed E-state index contributed by atoms with van der Waals surface area (Å²) in [6.07, 6.45) is 2.74. The molecule has 0 atom stereocenters. The lowest BCUT2D eigenvalue weighted by Gasteiger charge is -2.41. The first-order chi connectivity index (χ1) is 6.11. The van der Waals surface area contributed by atoms with Gasteiger partial charge in [-0.25, -0.2) is 9.97 Å². The molecular formula is C8H9F2N3. The van der Waals surface area contributed by atoms with Crippen molar-refractivity contribution in [1.82, 2.24) is 9.97 Å². The molecule has 70 valence electrons. The van der Waals surface area contributed by atoms with Crippen LogP contribution in [-0.2, 0) is 0 Å². The van der Waals surface area contributed by atoms with Crippen LogP contribution in [0.5, 0.6) is 0 Å². The van der Waals surface area contributed by atoms with Crippen LogP contribution in [-0.4, -0.2) is 22.6 Å². The smallest absolute Gasteiger partial charge is 0.297 e. The molecule has 3 nitrogen and oxygen atoms in total. The zero-order valence-electron chi connectivity index (χ0n) is 7.17. The van der Waals surface area contributed by atoms with Gasteiger partial charge < -0.3 is 0 Å². The fourth-order valence-corrected chi connectivity index (χ4v) is 1.33. The minimum absolute atomic E-state index is 0.0869. The molecule has 2 rings (SSSR count). The highest BCUT2D eigenvalue weighted by atomic mass is 19.3. The third kappa shape index (κ3) is 1.24. The maximum atomic E-state index is 12.9. The number of rotatable bonds is 1. The van der Waals surface area contributed by atoms with Crippen LogP contribution in [0.1, 0.15) is 12.0 Å². The summed E-state index contributed by atoms with van der Waals surface area (Å²) in [6.45, 7) is 2.09. The van der Waals surface area contributed by atoms with Crippen LogP contribution in [0, 0.1) is 6.92 Å². The van der Waals surface area contributed by atoms with Gasteiger partial charge in [0, 0.05) is 24.7 Å². The first-order valence-electron chi connectivity index (χ1n) is 4.03. The van der Waals surface area contributed by atoms with Gasteiger partial charge in [-0.2, -0.15) is 8.78 Å². The van der Waals surface area contributed by atoms with E-state index in [9.17, 15) is 8.78 Å². The maximum absolute atomic E-state index is 12.9. The van der Waals surface area contributed by atoms with Crippen LogP contribution < -0.4 is 4.90 Å². The van der Waals surface area contributed by atoms with E-state index in [-0.39, 0.29) is 6.42 Å². The molecule has 0 saturated carbocycles. The Balaban J connectivity index is 2.32. The zero-order valence-corrected chi connectivity index (χ0v) is 7.17. The molecule has 2 heterocycles. The molecule has 0 aliphatic carbocycles. The van der Waals surface area contributed by atoms with Crippen molar-refractivity contribution in [2.24, 2.45) is 0 Å². The number of hydrogen-bond acceptors (Lipinski definition) is 3. The Morgan fingerprint density at radius 2 is 2.31 bits per heavy atom. The molecule has 0 amide bonds. The van der Waals surface area contributed by atoms with Crippen molar-refractivity contribution in [3.8, 4) is 0 Å². The molecule has 0 N–H and O–H groups in total. The molecule has 13 heavy (non-hydrogen) atoms. The largest absolute Gasteiger partial charge is 0.328 e. The van der Waals surface area contributed by atoms with Crippen molar-refractivity contribution in [3.63, 3.8) is 0 Å². The van der Waals surface area contributed by atoms with Crippen molar-refractivity contribution in [2.75, 3.05) is 11.4 Å². The molecule has 0 unspecified atom stereocenters. The number of hydrogen-bond donors (Lipinski definition) is 0. The Kier molecular flexibility index (Phi) is 1.68. The summed E-state index contributed by atoms with van der Waals surface area (Å²) in [5.41, 5.74) is 0.682. The Labute approximate surface area is 74.4 Å². The third-order valence-electron chi connectivity index (χ3n) is 2.15. The second-order valence-electron chi connectivity index (χ2n) is 3.10. The van der Waals surface area contributed by atoms with E-state index in [4.69, 9.17) is 0 Å². The van der Waals surface area contributed by atoms with Crippen molar-refractivity contribution in [2.45, 2.75) is 19.4 Å². The predicted octanol–water partition coefficient (Wildman–Crippen LogP) is 1.59. The number of aromatic nitrogens is 2. The monoisotopic (exact) mass is 185 g/mol. The average Bonchev–Trinajstić information content (AvgIpc) is 2.07. The average molecular weight is 185 g/mol. The summed E-state index contributed by atoms with van der Waals surface area (Å²) in [5.74, 6) is 0.339. The van der Waals surface area contributed by atoms with Gasteiger partial charge in [0.25, 0.3) is 0 Å². The molecule has 1 aliphatic rings. The van der Waals surface area contributed by atoms with Crippen LogP contribution in [0.3, 0.4) is 0 Å². The van der Waals surface area contributed by atoms with E-state index in [1.807, 2.05) is 0 Å². The van der Waals surface area contributed by atoms with Crippen molar-refractivity contribution < 1.29 is 8.78 Å². The van der Waals surface area contributed by atoms with Gasteiger partial charge in [0.1, 0.15) is 12.1 Å². The highest BCUT2D eigenvalue weighted by Crippen LogP contribution is 2.37. The minimum atomic E-state index is -2.72. The van der Waals surface area contributed by atoms with Gasteiger partial charge in [0.2, 0.25) is 0 Å². The van der Waals surface area contributed by atoms with E-state index >= 15 is 0 Å². The fourth-order valence-electron chi connectivity index (χ4n) is 1.33. The second kappa shape index (κ2) is 2.61. The Morgan fingerprint density at radius 3 is 2.77 bits per heavy atom. The molecule has 1 aromatic rings. The second-order valence-corrected chi connectivity index (χ2v) is 3.10. The summed E-state index contributed by atoms with van der Waals surface area (Å²) >= 11 is 0. The molecule has 0 bridgehead atoms. The van der Waals surface area contributed by atoms with Gasteiger partial charge in [-0.15, -0.1) is 0 Å². The summed E-state index contributed by atoms with van der Waals surface area (Å²) in [7, 11) is 0. The number of nitrogens with zero attached hydrogens (tertiary/aromatic N) is 3. The summed E-state index contributed by atoms with van der Waals surface area (Å²) in [5, 5.41) is 0. The van der Waals surface area contributed by atoms with Gasteiger partial charge in [-0.1, -0.05) is 0 Å². The van der Waals surface area contributed by atoms with Crippen LogP contribution in [0.4, 0.5) is 14.6 Å². The predicted molar refractivity (Wildman–Crippen MR) is 43.7 cm³/mol. The Morgan fingerprint density at radius 1 is 1.54 bits per heavy atom. The van der Waals surface area contributed by atoms with Gasteiger partial charge in [0.15, 0.2) is 0 Å². The molecule has 1 saturated heterocycles. The third-order valence-corrected chi connectivity index (χ3v) is 2.15. The Bertz CT molecular complexity index is 327. The summed E-state index contributed by atoms with van der Waals surface area (Å²) in [6, 6.07) is -2.72. The van der Waals surface area contributed by atoms with E-state index in [0.29, 0.717) is 17.9 Å². The molecule has 1 fully saturated rings. The lowest BCUT2D eigenvalue weighted by atomic mass is 10.1. The van der Waals surface area contributed by atoms with Crippen molar-refractivity contribution in [3.05, 3.63) is 18.1 Å². The normalized spacial score (nSPS) is 19.8. The van der Waals surface area contributed by atoms with Crippen molar-refractivity contribution >= 4 is 5.82 Å². The molecule has 0 radical (unpaired) electrons. The lowest BCUT2D eigenvalue weighted by Crippen LogP contribution is -2.54. The van der Waals surface area contributed by atoms with Crippen molar-refractivity contribution in [1.29, 1.82) is 0 Å². The molecular weight excluding hydrogens is 176 g/mol. The van der Waals surface area contributed by atoms with E-state index in [1.165, 1.54) is 12.5 Å². The molecule has 1 aliphatic heterocycles. The zero-order chi connectivity index (χ0) is 9.47. The molecule has 5 heteroatoms. The SMILES string of the molecule is Cc1cncnc1N1CCC1(F)F. The standard InChI is InChI=1S/C8H9F2N3/c1-6-4-11-5-12-7(6)13-3-2-8(13,9)10/h4-5H,2-3H2,1H3. The van der Waals surface area contributed by atoms with Gasteiger partial charge in [0.05, 0.1) is 0 Å². The van der Waals surface area contributed by atoms with Gasteiger partial charge in [-0.3, -0.25) is 4.90 Å². The quantitative estimate of drug-likeness (QED) is 0.622. The number of alkyl halides is 2. The van der Waals surface area contributed by atoms with Crippen LogP contribution in [0.25, 0.3) is 0 Å². The maximum Gasteiger partial charge on any atom is 0.328 e. The molecule has 0 aromatic carbocycles. The van der Waals surface area contributed by atoms with Crippen LogP contribution in [0.15, 0.2) is 12.5 Å². The number of halogens is 2. The van der Waals surface area contributed by atoms with E-state index in [2.05, 4.69) is 9.97 Å². The first kappa shape index (κ1) is 8.34. The summed E-state index contributed by atoms with van der Waals surface area (Å²) in [4.78, 5) is 8.59. The molecule has 0 spiro atoms. The fraction of sp³-hybridized carbons (Fsp3) is 0.500. The number of anilines is 1. The summed E-state index contributed by atoms with van der Waals surface area (Å²) < 4.78 is 25.9. The minimum Gasteiger partial charge on any atom is -0.297 e. The molecule has 1 aromatic heterocycles. The topological polar surface area (TPSA) is 29.0 Å². The lowest BCUT2D eigenvalue weighted by molar-refractivity contribution is -0.0556. The van der Waals surface area contributed by atoms with Gasteiger partial charge in [-0.05, 0) is 6.92 Å². The highest BCUT2D eigenvalue weighted by Gasteiger charge is 2.47. The van der Waals surface area contributed by atoms with E-state index in [0.717, 1.165) is 4.90 Å².